The summed E-state index contributed by atoms with van der Waals surface area (Å²) in [6, 6.07) is 7.25. The molecule has 57 valence electrons. The van der Waals surface area contributed by atoms with E-state index in [0.29, 0.717) is 5.56 Å². The maximum atomic E-state index is 10.4. The van der Waals surface area contributed by atoms with E-state index in [1.807, 2.05) is 0 Å². The average Bonchev–Trinajstić information content (AvgIpc) is 1.85. The number of benzene rings is 1. The number of amides is 1. The van der Waals surface area contributed by atoms with Crippen LogP contribution < -0.4 is 5.73 Å². The number of hydrogen-bond acceptors (Lipinski definition) is 2. The Labute approximate surface area is 64.5 Å². The number of hydrogen-bond donors (Lipinski definition) is 2. The number of aromatic hydroxyl groups is 1. The molecule has 0 aliphatic carbocycles. The average molecular weight is 150 g/mol. The minimum atomic E-state index is -0.407. The smallest absolute Gasteiger partial charge is 0.221 e. The summed E-state index contributed by atoms with van der Waals surface area (Å²) in [5.74, 6) is -0.376. The van der Waals surface area contributed by atoms with Crippen molar-refractivity contribution >= 4 is 5.91 Å². The predicted molar refractivity (Wildman–Crippen MR) is 39.8 cm³/mol. The highest BCUT2D eigenvalue weighted by atomic mass is 16.3. The third-order valence-electron chi connectivity index (χ3n) is 1.23. The van der Waals surface area contributed by atoms with Gasteiger partial charge in [0.25, 0.3) is 0 Å². The Morgan fingerprint density at radius 1 is 1.73 bits per heavy atom. The van der Waals surface area contributed by atoms with Gasteiger partial charge in [0.15, 0.2) is 0 Å². The van der Waals surface area contributed by atoms with Gasteiger partial charge >= 0.3 is 0 Å². The van der Waals surface area contributed by atoms with Gasteiger partial charge in [0, 0.05) is 6.07 Å². The Morgan fingerprint density at radius 2 is 2.45 bits per heavy atom. The standard InChI is InChI=1S/C8H8NO2/c9-8(11)5-6-2-1-3-7(10)4-6/h1-2,4,10H,5H2,(H2,9,11). The van der Waals surface area contributed by atoms with E-state index in [0.717, 1.165) is 0 Å². The lowest BCUT2D eigenvalue weighted by molar-refractivity contribution is -0.117. The van der Waals surface area contributed by atoms with Crippen LogP contribution in [0.25, 0.3) is 0 Å². The monoisotopic (exact) mass is 150 g/mol. The zero-order valence-electron chi connectivity index (χ0n) is 5.87. The molecule has 0 spiro atoms. The number of phenols is 1. The van der Waals surface area contributed by atoms with Gasteiger partial charge < -0.3 is 10.8 Å². The molecule has 0 bridgehead atoms. The van der Waals surface area contributed by atoms with Crippen molar-refractivity contribution < 1.29 is 9.90 Å². The van der Waals surface area contributed by atoms with Gasteiger partial charge in [-0.25, -0.2) is 0 Å². The van der Waals surface area contributed by atoms with Crippen molar-refractivity contribution in [2.45, 2.75) is 6.42 Å². The van der Waals surface area contributed by atoms with Gasteiger partial charge in [0.05, 0.1) is 6.42 Å². The molecule has 1 aromatic carbocycles. The van der Waals surface area contributed by atoms with Gasteiger partial charge in [-0.1, -0.05) is 12.1 Å². The van der Waals surface area contributed by atoms with E-state index in [1.54, 1.807) is 12.1 Å². The van der Waals surface area contributed by atoms with Gasteiger partial charge in [-0.3, -0.25) is 4.79 Å². The summed E-state index contributed by atoms with van der Waals surface area (Å²) in [5.41, 5.74) is 5.65. The van der Waals surface area contributed by atoms with E-state index >= 15 is 0 Å². The second-order valence-electron chi connectivity index (χ2n) is 2.23. The zero-order valence-corrected chi connectivity index (χ0v) is 5.87. The molecular formula is C8H8NO2. The van der Waals surface area contributed by atoms with Crippen LogP contribution in [0.4, 0.5) is 0 Å². The summed E-state index contributed by atoms with van der Waals surface area (Å²) in [6.45, 7) is 0. The maximum Gasteiger partial charge on any atom is 0.221 e. The first kappa shape index (κ1) is 7.60. The molecule has 0 saturated carbocycles. The molecule has 0 unspecified atom stereocenters. The largest absolute Gasteiger partial charge is 0.507 e. The fraction of sp³-hybridized carbons (Fsp3) is 0.125. The summed E-state index contributed by atoms with van der Waals surface area (Å²) in [6.07, 6.45) is 0.155. The Morgan fingerprint density at radius 3 is 3.00 bits per heavy atom. The van der Waals surface area contributed by atoms with Crippen LogP contribution in [-0.4, -0.2) is 11.0 Å². The zero-order chi connectivity index (χ0) is 8.27. The first-order chi connectivity index (χ1) is 5.18. The molecule has 0 heterocycles. The maximum absolute atomic E-state index is 10.4. The lowest BCUT2D eigenvalue weighted by Gasteiger charge is -1.96. The van der Waals surface area contributed by atoms with E-state index in [9.17, 15) is 4.79 Å². The van der Waals surface area contributed by atoms with Crippen LogP contribution in [0.5, 0.6) is 5.75 Å². The molecule has 0 aromatic heterocycles. The summed E-state index contributed by atoms with van der Waals surface area (Å²) in [7, 11) is 0. The molecule has 1 rings (SSSR count). The minimum Gasteiger partial charge on any atom is -0.507 e. The molecule has 1 radical (unpaired) electrons. The van der Waals surface area contributed by atoms with Crippen molar-refractivity contribution in [2.75, 3.05) is 0 Å². The molecule has 3 nitrogen and oxygen atoms in total. The van der Waals surface area contributed by atoms with Crippen molar-refractivity contribution in [2.24, 2.45) is 5.73 Å². The number of primary amides is 1. The summed E-state index contributed by atoms with van der Waals surface area (Å²) < 4.78 is 0. The number of carbonyl (C=O) groups is 1. The molecule has 1 aromatic rings. The van der Waals surface area contributed by atoms with E-state index in [4.69, 9.17) is 10.8 Å². The normalized spacial score (nSPS) is 9.45. The number of nitrogens with two attached hydrogens (primary N) is 1. The van der Waals surface area contributed by atoms with E-state index in [2.05, 4.69) is 6.07 Å². The Hall–Kier alpha value is -1.51. The molecule has 0 fully saturated rings. The third-order valence-corrected chi connectivity index (χ3v) is 1.23. The van der Waals surface area contributed by atoms with Crippen molar-refractivity contribution in [1.29, 1.82) is 0 Å². The number of phenolic OH excluding ortho intramolecular Hbond substituents is 1. The Balaban J connectivity index is 2.79. The molecule has 3 heteroatoms. The number of rotatable bonds is 2. The van der Waals surface area contributed by atoms with Crippen molar-refractivity contribution in [3.05, 3.63) is 29.8 Å². The quantitative estimate of drug-likeness (QED) is 0.633. The molecular weight excluding hydrogens is 142 g/mol. The lowest BCUT2D eigenvalue weighted by atomic mass is 10.1. The van der Waals surface area contributed by atoms with E-state index in [1.165, 1.54) is 6.07 Å². The minimum absolute atomic E-state index is 0.0313. The van der Waals surface area contributed by atoms with Gasteiger partial charge in [-0.05, 0) is 11.6 Å². The van der Waals surface area contributed by atoms with Crippen LogP contribution in [0.15, 0.2) is 18.2 Å². The molecule has 11 heavy (non-hydrogen) atoms. The highest BCUT2D eigenvalue weighted by molar-refractivity contribution is 5.76. The van der Waals surface area contributed by atoms with Gasteiger partial charge in [0.1, 0.15) is 5.75 Å². The number of carbonyl (C=O) groups excluding carboxylic acids is 1. The molecule has 0 saturated heterocycles. The van der Waals surface area contributed by atoms with Crippen LogP contribution >= 0.6 is 0 Å². The first-order valence-electron chi connectivity index (χ1n) is 3.16. The molecule has 0 aliphatic rings. The lowest BCUT2D eigenvalue weighted by Crippen LogP contribution is -2.13. The molecule has 1 amide bonds. The van der Waals surface area contributed by atoms with Crippen LogP contribution in [-0.2, 0) is 11.2 Å². The first-order valence-corrected chi connectivity index (χ1v) is 3.16. The SMILES string of the molecule is NC(=O)Cc1cc[c]c(O)c1. The van der Waals surface area contributed by atoms with E-state index < -0.39 is 5.91 Å². The summed E-state index contributed by atoms with van der Waals surface area (Å²) in [5, 5.41) is 8.92. The summed E-state index contributed by atoms with van der Waals surface area (Å²) in [4.78, 5) is 10.4. The molecule has 0 atom stereocenters. The highest BCUT2D eigenvalue weighted by Gasteiger charge is 1.97. The topological polar surface area (TPSA) is 63.3 Å². The second-order valence-corrected chi connectivity index (χ2v) is 2.23. The van der Waals surface area contributed by atoms with Crippen LogP contribution in [0.2, 0.25) is 0 Å². The van der Waals surface area contributed by atoms with Crippen molar-refractivity contribution in [1.82, 2.24) is 0 Å². The van der Waals surface area contributed by atoms with Gasteiger partial charge in [-0.2, -0.15) is 0 Å². The van der Waals surface area contributed by atoms with Crippen molar-refractivity contribution in [3.63, 3.8) is 0 Å². The van der Waals surface area contributed by atoms with Gasteiger partial charge in [-0.15, -0.1) is 0 Å². The highest BCUT2D eigenvalue weighted by Crippen LogP contribution is 2.09. The van der Waals surface area contributed by atoms with E-state index in [-0.39, 0.29) is 12.2 Å². The van der Waals surface area contributed by atoms with Crippen LogP contribution in [0.3, 0.4) is 0 Å². The molecule has 3 N–H and O–H groups in total. The second kappa shape index (κ2) is 3.05. The van der Waals surface area contributed by atoms with Crippen molar-refractivity contribution in [3.8, 4) is 5.75 Å². The molecule has 0 aliphatic heterocycles. The fourth-order valence-electron chi connectivity index (χ4n) is 0.811. The van der Waals surface area contributed by atoms with Crippen LogP contribution in [0.1, 0.15) is 5.56 Å². The van der Waals surface area contributed by atoms with Gasteiger partial charge in [0.2, 0.25) is 5.91 Å². The predicted octanol–water partition coefficient (Wildman–Crippen LogP) is 0.220. The Kier molecular flexibility index (Phi) is 2.11. The van der Waals surface area contributed by atoms with Crippen LogP contribution in [0, 0.1) is 6.07 Å². The fourth-order valence-corrected chi connectivity index (χ4v) is 0.811. The third kappa shape index (κ3) is 2.29. The summed E-state index contributed by atoms with van der Waals surface area (Å²) >= 11 is 0. The Bertz CT molecular complexity index is 271.